The van der Waals surface area contributed by atoms with Crippen LogP contribution in [0.5, 0.6) is 0 Å². The van der Waals surface area contributed by atoms with E-state index >= 15 is 0 Å². The van der Waals surface area contributed by atoms with Crippen LogP contribution < -0.4 is 5.32 Å². The number of hydrogen-bond donors (Lipinski definition) is 2. The van der Waals surface area contributed by atoms with E-state index in [1.54, 1.807) is 38.1 Å². The highest BCUT2D eigenvalue weighted by molar-refractivity contribution is 6.20. The molecule has 0 heterocycles. The number of alkyl halides is 1. The number of carbonyl (C=O) groups is 1. The van der Waals surface area contributed by atoms with Crippen LogP contribution in [0.2, 0.25) is 0 Å². The third-order valence-electron chi connectivity index (χ3n) is 2.32. The van der Waals surface area contributed by atoms with Crippen LogP contribution in [0.15, 0.2) is 24.3 Å². The molecular formula is C12H16ClNO2. The van der Waals surface area contributed by atoms with Crippen LogP contribution in [0.1, 0.15) is 19.4 Å². The average molecular weight is 242 g/mol. The summed E-state index contributed by atoms with van der Waals surface area (Å²) in [5, 5.41) is 11.7. The lowest BCUT2D eigenvalue weighted by atomic mass is 9.95. The van der Waals surface area contributed by atoms with E-state index in [0.717, 1.165) is 5.56 Å². The highest BCUT2D eigenvalue weighted by Crippen LogP contribution is 2.20. The van der Waals surface area contributed by atoms with Gasteiger partial charge in [0, 0.05) is 11.6 Å². The van der Waals surface area contributed by atoms with Gasteiger partial charge in [0.2, 0.25) is 5.91 Å². The summed E-state index contributed by atoms with van der Waals surface area (Å²) < 4.78 is 0. The van der Waals surface area contributed by atoms with Gasteiger partial charge in [0.05, 0.1) is 12.0 Å². The fourth-order valence-electron chi connectivity index (χ4n) is 1.11. The standard InChI is InChI=1S/C12H16ClNO2/c1-12(2,8-13)11(16)14-10-5-3-4-9(6-10)7-15/h3-6,15H,7-8H2,1-2H3,(H,14,16). The van der Waals surface area contributed by atoms with Crippen LogP contribution in [0.4, 0.5) is 5.69 Å². The Labute approximate surface area is 100 Å². The molecule has 1 rings (SSSR count). The minimum atomic E-state index is -0.600. The Morgan fingerprint density at radius 2 is 2.19 bits per heavy atom. The number of benzene rings is 1. The Morgan fingerprint density at radius 1 is 1.50 bits per heavy atom. The molecule has 0 aromatic heterocycles. The molecule has 2 N–H and O–H groups in total. The number of amides is 1. The second-order valence-corrected chi connectivity index (χ2v) is 4.60. The summed E-state index contributed by atoms with van der Waals surface area (Å²) >= 11 is 5.71. The van der Waals surface area contributed by atoms with Gasteiger partial charge in [0.15, 0.2) is 0 Å². The summed E-state index contributed by atoms with van der Waals surface area (Å²) in [4.78, 5) is 11.8. The van der Waals surface area contributed by atoms with Crippen molar-refractivity contribution in [1.82, 2.24) is 0 Å². The van der Waals surface area contributed by atoms with Crippen LogP contribution in [0.3, 0.4) is 0 Å². The molecule has 88 valence electrons. The number of carbonyl (C=O) groups excluding carboxylic acids is 1. The molecule has 0 radical (unpaired) electrons. The number of anilines is 1. The maximum atomic E-state index is 11.8. The summed E-state index contributed by atoms with van der Waals surface area (Å²) in [5.74, 6) is 0.135. The number of nitrogens with one attached hydrogen (secondary N) is 1. The van der Waals surface area contributed by atoms with Crippen LogP contribution in [-0.4, -0.2) is 16.9 Å². The van der Waals surface area contributed by atoms with E-state index in [1.165, 1.54) is 0 Å². The van der Waals surface area contributed by atoms with Crippen molar-refractivity contribution in [3.8, 4) is 0 Å². The highest BCUT2D eigenvalue weighted by atomic mass is 35.5. The molecule has 1 aromatic rings. The van der Waals surface area contributed by atoms with E-state index in [9.17, 15) is 4.79 Å². The second kappa shape index (κ2) is 5.32. The summed E-state index contributed by atoms with van der Waals surface area (Å²) in [5.41, 5.74) is 0.841. The normalized spacial score (nSPS) is 11.2. The van der Waals surface area contributed by atoms with Crippen molar-refractivity contribution in [2.45, 2.75) is 20.5 Å². The smallest absolute Gasteiger partial charge is 0.231 e. The third-order valence-corrected chi connectivity index (χ3v) is 2.98. The van der Waals surface area contributed by atoms with Crippen LogP contribution in [0.25, 0.3) is 0 Å². The molecule has 0 aliphatic heterocycles. The molecule has 4 heteroatoms. The number of rotatable bonds is 4. The zero-order chi connectivity index (χ0) is 12.2. The topological polar surface area (TPSA) is 49.3 Å². The van der Waals surface area contributed by atoms with Gasteiger partial charge in [-0.2, -0.15) is 0 Å². The zero-order valence-corrected chi connectivity index (χ0v) is 10.2. The van der Waals surface area contributed by atoms with Crippen molar-refractivity contribution in [2.75, 3.05) is 11.2 Å². The average Bonchev–Trinajstić information content (AvgIpc) is 2.29. The van der Waals surface area contributed by atoms with Gasteiger partial charge < -0.3 is 10.4 Å². The van der Waals surface area contributed by atoms with Crippen molar-refractivity contribution < 1.29 is 9.90 Å². The Bertz CT molecular complexity index is 377. The fraction of sp³-hybridized carbons (Fsp3) is 0.417. The summed E-state index contributed by atoms with van der Waals surface area (Å²) in [6.07, 6.45) is 0. The molecule has 0 atom stereocenters. The molecule has 3 nitrogen and oxygen atoms in total. The molecule has 0 spiro atoms. The van der Waals surface area contributed by atoms with E-state index in [2.05, 4.69) is 5.32 Å². The van der Waals surface area contributed by atoms with Gasteiger partial charge in [-0.15, -0.1) is 11.6 Å². The van der Waals surface area contributed by atoms with Crippen LogP contribution in [-0.2, 0) is 11.4 Å². The first-order valence-electron chi connectivity index (χ1n) is 5.07. The summed E-state index contributed by atoms with van der Waals surface area (Å²) in [6.45, 7) is 3.53. The lowest BCUT2D eigenvalue weighted by molar-refractivity contribution is -0.122. The molecule has 0 aliphatic carbocycles. The first-order chi connectivity index (χ1) is 7.49. The van der Waals surface area contributed by atoms with Gasteiger partial charge in [-0.1, -0.05) is 12.1 Å². The monoisotopic (exact) mass is 241 g/mol. The molecular weight excluding hydrogens is 226 g/mol. The van der Waals surface area contributed by atoms with Crippen molar-refractivity contribution in [3.63, 3.8) is 0 Å². The number of hydrogen-bond acceptors (Lipinski definition) is 2. The van der Waals surface area contributed by atoms with Crippen molar-refractivity contribution in [2.24, 2.45) is 5.41 Å². The number of aliphatic hydroxyl groups is 1. The van der Waals surface area contributed by atoms with E-state index in [4.69, 9.17) is 16.7 Å². The summed E-state index contributed by atoms with van der Waals surface area (Å²) in [7, 11) is 0. The molecule has 0 saturated carbocycles. The third kappa shape index (κ3) is 3.22. The van der Waals surface area contributed by atoms with Crippen LogP contribution >= 0.6 is 11.6 Å². The first-order valence-corrected chi connectivity index (χ1v) is 5.60. The minimum absolute atomic E-state index is 0.0391. The van der Waals surface area contributed by atoms with Gasteiger partial charge in [0.25, 0.3) is 0 Å². The molecule has 1 aromatic carbocycles. The minimum Gasteiger partial charge on any atom is -0.392 e. The quantitative estimate of drug-likeness (QED) is 0.796. The molecule has 0 aliphatic rings. The van der Waals surface area contributed by atoms with Gasteiger partial charge in [-0.25, -0.2) is 0 Å². The predicted molar refractivity (Wildman–Crippen MR) is 65.5 cm³/mol. The Morgan fingerprint density at radius 3 is 2.75 bits per heavy atom. The first kappa shape index (κ1) is 13.0. The molecule has 16 heavy (non-hydrogen) atoms. The molecule has 0 saturated heterocycles. The fourth-order valence-corrected chi connectivity index (χ4v) is 1.23. The van der Waals surface area contributed by atoms with Crippen molar-refractivity contribution in [1.29, 1.82) is 0 Å². The Hall–Kier alpha value is -1.06. The van der Waals surface area contributed by atoms with Gasteiger partial charge in [0.1, 0.15) is 0 Å². The van der Waals surface area contributed by atoms with E-state index in [0.29, 0.717) is 5.69 Å². The Kier molecular flexibility index (Phi) is 4.33. The van der Waals surface area contributed by atoms with Crippen molar-refractivity contribution in [3.05, 3.63) is 29.8 Å². The highest BCUT2D eigenvalue weighted by Gasteiger charge is 2.26. The molecule has 0 unspecified atom stereocenters. The number of halogens is 1. The molecule has 0 fully saturated rings. The van der Waals surface area contributed by atoms with E-state index in [-0.39, 0.29) is 18.4 Å². The maximum absolute atomic E-state index is 11.8. The number of aliphatic hydroxyl groups excluding tert-OH is 1. The second-order valence-electron chi connectivity index (χ2n) is 4.33. The maximum Gasteiger partial charge on any atom is 0.231 e. The summed E-state index contributed by atoms with van der Waals surface area (Å²) in [6, 6.07) is 7.10. The van der Waals surface area contributed by atoms with Gasteiger partial charge in [-0.05, 0) is 31.5 Å². The van der Waals surface area contributed by atoms with Gasteiger partial charge >= 0.3 is 0 Å². The lowest BCUT2D eigenvalue weighted by Gasteiger charge is -2.20. The van der Waals surface area contributed by atoms with Crippen molar-refractivity contribution >= 4 is 23.2 Å². The van der Waals surface area contributed by atoms with Gasteiger partial charge in [-0.3, -0.25) is 4.79 Å². The molecule has 0 bridgehead atoms. The molecule has 1 amide bonds. The largest absolute Gasteiger partial charge is 0.392 e. The van der Waals surface area contributed by atoms with E-state index in [1.807, 2.05) is 0 Å². The lowest BCUT2D eigenvalue weighted by Crippen LogP contribution is -2.32. The SMILES string of the molecule is CC(C)(CCl)C(=O)Nc1cccc(CO)c1. The zero-order valence-electron chi connectivity index (χ0n) is 9.46. The predicted octanol–water partition coefficient (Wildman–Crippen LogP) is 2.38. The van der Waals surface area contributed by atoms with Crippen LogP contribution in [0, 0.1) is 5.41 Å². The van der Waals surface area contributed by atoms with E-state index < -0.39 is 5.41 Å². The Balaban J connectivity index is 2.77.